The van der Waals surface area contributed by atoms with Gasteiger partial charge in [-0.1, -0.05) is 12.1 Å². The summed E-state index contributed by atoms with van der Waals surface area (Å²) in [5, 5.41) is 11.5. The van der Waals surface area contributed by atoms with Gasteiger partial charge in [-0.25, -0.2) is 9.67 Å². The van der Waals surface area contributed by atoms with E-state index in [2.05, 4.69) is 32.6 Å². The third kappa shape index (κ3) is 3.57. The number of aryl methyl sites for hydroxylation is 1. The Kier molecular flexibility index (Phi) is 4.76. The predicted octanol–water partition coefficient (Wildman–Crippen LogP) is 2.26. The Balaban J connectivity index is 1.42. The number of pyridine rings is 1. The molecule has 3 aromatic heterocycles. The van der Waals surface area contributed by atoms with Gasteiger partial charge in [0, 0.05) is 32.6 Å². The van der Waals surface area contributed by atoms with E-state index in [0.29, 0.717) is 24.2 Å². The average Bonchev–Trinajstić information content (AvgIpc) is 3.38. The molecular weight excluding hydrogens is 380 g/mol. The summed E-state index contributed by atoms with van der Waals surface area (Å²) in [4.78, 5) is 17.2. The predicted molar refractivity (Wildman–Crippen MR) is 112 cm³/mol. The number of nitrogens with zero attached hydrogens (tertiary/aromatic N) is 5. The van der Waals surface area contributed by atoms with Gasteiger partial charge < -0.3 is 10.1 Å². The maximum absolute atomic E-state index is 12.7. The van der Waals surface area contributed by atoms with Crippen molar-refractivity contribution in [1.29, 1.82) is 0 Å². The lowest BCUT2D eigenvalue weighted by Crippen LogP contribution is -2.39. The summed E-state index contributed by atoms with van der Waals surface area (Å²) in [6.45, 7) is 1.28. The average molecular weight is 402 g/mol. The zero-order chi connectivity index (χ0) is 20.5. The van der Waals surface area contributed by atoms with Gasteiger partial charge in [-0.15, -0.1) is 0 Å². The van der Waals surface area contributed by atoms with Gasteiger partial charge in [0.25, 0.3) is 5.91 Å². The fraction of sp³-hybridized carbons (Fsp3) is 0.273. The first kappa shape index (κ1) is 18.5. The number of fused-ring (bicyclic) bond motifs is 1. The van der Waals surface area contributed by atoms with Crippen molar-refractivity contribution in [3.63, 3.8) is 0 Å². The van der Waals surface area contributed by atoms with Crippen LogP contribution in [0.2, 0.25) is 0 Å². The highest BCUT2D eigenvalue weighted by Crippen LogP contribution is 2.22. The van der Waals surface area contributed by atoms with Crippen LogP contribution in [0.4, 0.5) is 0 Å². The van der Waals surface area contributed by atoms with Crippen LogP contribution in [0.15, 0.2) is 55.0 Å². The molecule has 5 rings (SSSR count). The van der Waals surface area contributed by atoms with Crippen LogP contribution in [0.3, 0.4) is 0 Å². The monoisotopic (exact) mass is 402 g/mol. The second-order valence-electron chi connectivity index (χ2n) is 7.45. The molecule has 152 valence electrons. The molecule has 8 nitrogen and oxygen atoms in total. The number of nitrogens with one attached hydrogen (secondary N) is 1. The Hall–Kier alpha value is -3.52. The number of amides is 1. The van der Waals surface area contributed by atoms with Gasteiger partial charge in [-0.3, -0.25) is 9.48 Å². The molecule has 1 aliphatic heterocycles. The fourth-order valence-corrected chi connectivity index (χ4v) is 3.68. The highest BCUT2D eigenvalue weighted by atomic mass is 16.5. The number of benzene rings is 1. The molecule has 0 bridgehead atoms. The molecule has 30 heavy (non-hydrogen) atoms. The number of rotatable bonds is 6. The van der Waals surface area contributed by atoms with E-state index in [0.717, 1.165) is 35.4 Å². The van der Waals surface area contributed by atoms with Crippen LogP contribution in [0.5, 0.6) is 0 Å². The summed E-state index contributed by atoms with van der Waals surface area (Å²) in [6, 6.07) is 12.0. The third-order valence-electron chi connectivity index (χ3n) is 5.39. The van der Waals surface area contributed by atoms with Crippen LogP contribution in [0.25, 0.3) is 16.7 Å². The van der Waals surface area contributed by atoms with E-state index in [9.17, 15) is 4.79 Å². The molecule has 1 aromatic carbocycles. The maximum atomic E-state index is 12.7. The van der Waals surface area contributed by atoms with Gasteiger partial charge in [0.05, 0.1) is 23.5 Å². The molecule has 4 aromatic rings. The van der Waals surface area contributed by atoms with E-state index in [1.807, 2.05) is 42.2 Å². The molecule has 1 aliphatic rings. The fourth-order valence-electron chi connectivity index (χ4n) is 3.68. The summed E-state index contributed by atoms with van der Waals surface area (Å²) in [7, 11) is 1.89. The van der Waals surface area contributed by atoms with Crippen molar-refractivity contribution in [3.8, 4) is 5.69 Å². The van der Waals surface area contributed by atoms with E-state index in [1.54, 1.807) is 17.1 Å². The van der Waals surface area contributed by atoms with Crippen molar-refractivity contribution >= 4 is 16.9 Å². The quantitative estimate of drug-likeness (QED) is 0.535. The second kappa shape index (κ2) is 7.72. The molecule has 1 amide bonds. The maximum Gasteiger partial charge on any atom is 0.270 e. The van der Waals surface area contributed by atoms with Crippen molar-refractivity contribution in [2.45, 2.75) is 18.9 Å². The Bertz CT molecular complexity index is 1180. The van der Waals surface area contributed by atoms with Gasteiger partial charge in [0.2, 0.25) is 0 Å². The van der Waals surface area contributed by atoms with Crippen molar-refractivity contribution in [1.82, 2.24) is 29.9 Å². The van der Waals surface area contributed by atoms with Crippen LogP contribution in [-0.4, -0.2) is 49.7 Å². The lowest BCUT2D eigenvalue weighted by Gasteiger charge is -2.26. The van der Waals surface area contributed by atoms with Crippen LogP contribution in [0, 0.1) is 0 Å². The number of hydrogen-bond acceptors (Lipinski definition) is 5. The minimum absolute atomic E-state index is 0.115. The zero-order valence-electron chi connectivity index (χ0n) is 16.7. The summed E-state index contributed by atoms with van der Waals surface area (Å²) >= 11 is 0. The standard InChI is InChI=1S/C22H22N6O2/c1-27-21-16(11-15-3-5-17(6-4-15)28-9-2-8-24-28)12-19(26-20(21)14-25-27)22(29)23-13-18-7-10-30-18/h2-6,8-9,12,14,18H,7,10-11,13H2,1H3,(H,23,29). The van der Waals surface area contributed by atoms with Crippen molar-refractivity contribution in [3.05, 3.63) is 71.8 Å². The van der Waals surface area contributed by atoms with E-state index in [1.165, 1.54) is 0 Å². The van der Waals surface area contributed by atoms with Crippen LogP contribution >= 0.6 is 0 Å². The highest BCUT2D eigenvalue weighted by molar-refractivity contribution is 5.95. The van der Waals surface area contributed by atoms with Crippen LogP contribution < -0.4 is 5.32 Å². The van der Waals surface area contributed by atoms with Crippen LogP contribution in [0.1, 0.15) is 28.0 Å². The highest BCUT2D eigenvalue weighted by Gasteiger charge is 2.20. The van der Waals surface area contributed by atoms with Gasteiger partial charge in [0.1, 0.15) is 11.2 Å². The Morgan fingerprint density at radius 3 is 2.80 bits per heavy atom. The van der Waals surface area contributed by atoms with Crippen molar-refractivity contribution in [2.24, 2.45) is 7.05 Å². The molecule has 4 heterocycles. The van der Waals surface area contributed by atoms with Gasteiger partial charge >= 0.3 is 0 Å². The third-order valence-corrected chi connectivity index (χ3v) is 5.39. The normalized spacial score (nSPS) is 15.8. The minimum Gasteiger partial charge on any atom is -0.376 e. The van der Waals surface area contributed by atoms with E-state index in [-0.39, 0.29) is 12.0 Å². The van der Waals surface area contributed by atoms with E-state index in [4.69, 9.17) is 4.74 Å². The molecule has 1 saturated heterocycles. The molecule has 0 radical (unpaired) electrons. The first-order chi connectivity index (χ1) is 14.7. The van der Waals surface area contributed by atoms with Crippen molar-refractivity contribution in [2.75, 3.05) is 13.2 Å². The molecule has 0 spiro atoms. The van der Waals surface area contributed by atoms with Crippen molar-refractivity contribution < 1.29 is 9.53 Å². The number of hydrogen-bond donors (Lipinski definition) is 1. The summed E-state index contributed by atoms with van der Waals surface area (Å²) in [6.07, 6.45) is 7.14. The topological polar surface area (TPSA) is 86.9 Å². The Labute approximate surface area is 173 Å². The minimum atomic E-state index is -0.188. The lowest BCUT2D eigenvalue weighted by molar-refractivity contribution is -0.0473. The molecule has 0 saturated carbocycles. The molecule has 0 aliphatic carbocycles. The molecule has 1 unspecified atom stereocenters. The lowest BCUT2D eigenvalue weighted by atomic mass is 10.0. The molecular formula is C22H22N6O2. The number of carbonyl (C=O) groups excluding carboxylic acids is 1. The van der Waals surface area contributed by atoms with Gasteiger partial charge in [0.15, 0.2) is 0 Å². The van der Waals surface area contributed by atoms with Crippen LogP contribution in [-0.2, 0) is 18.2 Å². The first-order valence-electron chi connectivity index (χ1n) is 9.98. The number of ether oxygens (including phenoxy) is 1. The summed E-state index contributed by atoms with van der Waals surface area (Å²) in [5.41, 5.74) is 5.20. The molecule has 8 heteroatoms. The summed E-state index contributed by atoms with van der Waals surface area (Å²) < 4.78 is 9.00. The van der Waals surface area contributed by atoms with Gasteiger partial charge in [-0.2, -0.15) is 10.2 Å². The zero-order valence-corrected chi connectivity index (χ0v) is 16.7. The number of aromatic nitrogens is 5. The smallest absolute Gasteiger partial charge is 0.270 e. The largest absolute Gasteiger partial charge is 0.376 e. The van der Waals surface area contributed by atoms with Gasteiger partial charge in [-0.05, 0) is 48.2 Å². The van der Waals surface area contributed by atoms with E-state index >= 15 is 0 Å². The molecule has 1 fully saturated rings. The summed E-state index contributed by atoms with van der Waals surface area (Å²) in [5.74, 6) is -0.188. The number of carbonyl (C=O) groups is 1. The SMILES string of the molecule is Cn1ncc2nc(C(=O)NCC3CCO3)cc(Cc3ccc(-n4cccn4)cc3)c21. The van der Waals surface area contributed by atoms with E-state index < -0.39 is 0 Å². The Morgan fingerprint density at radius 1 is 1.27 bits per heavy atom. The Morgan fingerprint density at radius 2 is 2.10 bits per heavy atom. The second-order valence-corrected chi connectivity index (χ2v) is 7.45. The molecule has 1 atom stereocenters. The molecule has 1 N–H and O–H groups in total. The first-order valence-corrected chi connectivity index (χ1v) is 9.98.